The van der Waals surface area contributed by atoms with E-state index in [9.17, 15) is 5.11 Å². The zero-order valence-corrected chi connectivity index (χ0v) is 20.6. The molecule has 0 fully saturated rings. The number of hydrogen-bond acceptors (Lipinski definition) is 5. The molecule has 6 heteroatoms. The smallest absolute Gasteiger partial charge is 0.147 e. The van der Waals surface area contributed by atoms with Gasteiger partial charge in [-0.2, -0.15) is 10.2 Å². The minimum Gasteiger partial charge on any atom is -0.505 e. The fourth-order valence-electron chi connectivity index (χ4n) is 4.87. The first-order valence-electron chi connectivity index (χ1n) is 11.4. The fraction of sp³-hybridized carbons (Fsp3) is 0.407. The van der Waals surface area contributed by atoms with Gasteiger partial charge in [-0.25, -0.2) is 0 Å². The van der Waals surface area contributed by atoms with Crippen molar-refractivity contribution in [2.24, 2.45) is 5.41 Å². The van der Waals surface area contributed by atoms with Crippen molar-refractivity contribution in [2.75, 3.05) is 0 Å². The summed E-state index contributed by atoms with van der Waals surface area (Å²) in [5, 5.41) is 28.5. The lowest BCUT2D eigenvalue weighted by molar-refractivity contribution is 0.283. The predicted octanol–water partition coefficient (Wildman–Crippen LogP) is 5.96. The van der Waals surface area contributed by atoms with Gasteiger partial charge in [-0.05, 0) is 34.4 Å². The quantitative estimate of drug-likeness (QED) is 0.412. The molecule has 0 spiro atoms. The molecule has 0 unspecified atom stereocenters. The first-order valence-corrected chi connectivity index (χ1v) is 11.4. The zero-order valence-electron chi connectivity index (χ0n) is 20.6. The lowest BCUT2D eigenvalue weighted by Crippen LogP contribution is -2.27. The molecular formula is C27H33N5O. The third kappa shape index (κ3) is 4.47. The Morgan fingerprint density at radius 1 is 0.788 bits per heavy atom. The Hall–Kier alpha value is -3.28. The summed E-state index contributed by atoms with van der Waals surface area (Å²) in [6.45, 7) is 15.6. The third-order valence-corrected chi connectivity index (χ3v) is 6.32. The van der Waals surface area contributed by atoms with E-state index >= 15 is 0 Å². The minimum absolute atomic E-state index is 0.127. The Labute approximate surface area is 195 Å². The first-order chi connectivity index (χ1) is 15.4. The monoisotopic (exact) mass is 443 g/mol. The molecule has 4 aromatic rings. The molecule has 2 heterocycles. The van der Waals surface area contributed by atoms with Crippen molar-refractivity contribution >= 4 is 11.0 Å². The van der Waals surface area contributed by atoms with Crippen LogP contribution in [0.2, 0.25) is 0 Å². The summed E-state index contributed by atoms with van der Waals surface area (Å²) >= 11 is 0. The van der Waals surface area contributed by atoms with Gasteiger partial charge >= 0.3 is 0 Å². The van der Waals surface area contributed by atoms with Gasteiger partial charge < -0.3 is 5.11 Å². The van der Waals surface area contributed by atoms with Gasteiger partial charge in [0.05, 0.1) is 12.4 Å². The average molecular weight is 444 g/mol. The number of benzene rings is 2. The number of aromatic nitrogens is 5. The fourth-order valence-corrected chi connectivity index (χ4v) is 4.87. The van der Waals surface area contributed by atoms with E-state index in [0.717, 1.165) is 23.1 Å². The molecule has 0 saturated heterocycles. The molecule has 2 aromatic carbocycles. The van der Waals surface area contributed by atoms with Gasteiger partial charge in [0.15, 0.2) is 0 Å². The third-order valence-electron chi connectivity index (χ3n) is 6.32. The molecule has 6 nitrogen and oxygen atoms in total. The minimum atomic E-state index is -0.427. The summed E-state index contributed by atoms with van der Waals surface area (Å²) in [7, 11) is 0. The van der Waals surface area contributed by atoms with E-state index in [2.05, 4.69) is 87.1 Å². The summed E-state index contributed by atoms with van der Waals surface area (Å²) in [6.07, 6.45) is 4.15. The van der Waals surface area contributed by atoms with Crippen LogP contribution in [0.25, 0.3) is 16.7 Å². The topological polar surface area (TPSA) is 76.7 Å². The largest absolute Gasteiger partial charge is 0.505 e. The Morgan fingerprint density at radius 2 is 1.36 bits per heavy atom. The number of fused-ring (bicyclic) bond motifs is 1. The lowest BCUT2D eigenvalue weighted by atomic mass is 9.70. The molecule has 0 atom stereocenters. The van der Waals surface area contributed by atoms with Gasteiger partial charge in [-0.3, -0.25) is 0 Å². The van der Waals surface area contributed by atoms with Crippen LogP contribution >= 0.6 is 0 Å². The van der Waals surface area contributed by atoms with Crippen molar-refractivity contribution < 1.29 is 5.11 Å². The highest BCUT2D eigenvalue weighted by Crippen LogP contribution is 2.44. The second kappa shape index (κ2) is 7.94. The molecule has 0 aliphatic rings. The standard InChI is InChI=1S/C27H33N5O/c1-25(2,3)17-26(4,5)19-13-20(27(6,7)18-11-9-8-10-12-18)24(33)23(14-19)32-30-21-15-28-29-16-22(21)31-32/h8-16,33H,17H2,1-7H3. The summed E-state index contributed by atoms with van der Waals surface area (Å²) in [6, 6.07) is 14.5. The van der Waals surface area contributed by atoms with Gasteiger partial charge in [0.25, 0.3) is 0 Å². The molecular weight excluding hydrogens is 410 g/mol. The Morgan fingerprint density at radius 3 is 1.91 bits per heavy atom. The molecule has 2 aromatic heterocycles. The van der Waals surface area contributed by atoms with Crippen molar-refractivity contribution in [2.45, 2.75) is 65.7 Å². The SMILES string of the molecule is CC(C)(C)CC(C)(C)c1cc(-n2nc3cnncc3n2)c(O)c(C(C)(C)c2ccccc2)c1. The van der Waals surface area contributed by atoms with E-state index in [0.29, 0.717) is 16.7 Å². The number of phenols is 1. The van der Waals surface area contributed by atoms with Crippen LogP contribution in [0.3, 0.4) is 0 Å². The van der Waals surface area contributed by atoms with Crippen molar-refractivity contribution in [3.8, 4) is 11.4 Å². The van der Waals surface area contributed by atoms with Gasteiger partial charge in [0.2, 0.25) is 0 Å². The molecule has 172 valence electrons. The number of rotatable bonds is 5. The molecule has 4 rings (SSSR count). The second-order valence-corrected chi connectivity index (χ2v) is 11.3. The van der Waals surface area contributed by atoms with E-state index in [1.807, 2.05) is 24.3 Å². The van der Waals surface area contributed by atoms with Crippen LogP contribution in [-0.2, 0) is 10.8 Å². The van der Waals surface area contributed by atoms with Crippen LogP contribution in [0.4, 0.5) is 0 Å². The van der Waals surface area contributed by atoms with Crippen LogP contribution in [-0.4, -0.2) is 30.3 Å². The van der Waals surface area contributed by atoms with Gasteiger partial charge in [-0.1, -0.05) is 84.9 Å². The lowest BCUT2D eigenvalue weighted by Gasteiger charge is -2.35. The zero-order chi connectivity index (χ0) is 24.0. The normalized spacial score (nSPS) is 12.9. The Bertz CT molecular complexity index is 1250. The molecule has 0 aliphatic heterocycles. The van der Waals surface area contributed by atoms with Gasteiger partial charge in [-0.15, -0.1) is 15.0 Å². The molecule has 33 heavy (non-hydrogen) atoms. The van der Waals surface area contributed by atoms with Crippen molar-refractivity contribution in [3.63, 3.8) is 0 Å². The van der Waals surface area contributed by atoms with Crippen LogP contribution in [0, 0.1) is 5.41 Å². The maximum Gasteiger partial charge on any atom is 0.147 e. The summed E-state index contributed by atoms with van der Waals surface area (Å²) in [4.78, 5) is 1.50. The summed E-state index contributed by atoms with van der Waals surface area (Å²) in [5.74, 6) is 0.181. The molecule has 0 radical (unpaired) electrons. The van der Waals surface area contributed by atoms with Crippen LogP contribution in [0.15, 0.2) is 54.9 Å². The highest BCUT2D eigenvalue weighted by molar-refractivity contribution is 5.71. The first kappa shape index (κ1) is 22.9. The number of hydrogen-bond donors (Lipinski definition) is 1. The van der Waals surface area contributed by atoms with Crippen LogP contribution < -0.4 is 0 Å². The second-order valence-electron chi connectivity index (χ2n) is 11.3. The highest BCUT2D eigenvalue weighted by atomic mass is 16.3. The van der Waals surface area contributed by atoms with E-state index in [4.69, 9.17) is 0 Å². The predicted molar refractivity (Wildman–Crippen MR) is 132 cm³/mol. The summed E-state index contributed by atoms with van der Waals surface area (Å²) in [5.41, 5.74) is 4.53. The number of phenolic OH excluding ortho intramolecular Hbond substituents is 1. The van der Waals surface area contributed by atoms with E-state index in [1.165, 1.54) is 4.80 Å². The van der Waals surface area contributed by atoms with Crippen LogP contribution in [0.1, 0.15) is 71.6 Å². The molecule has 0 aliphatic carbocycles. The van der Waals surface area contributed by atoms with Gasteiger partial charge in [0, 0.05) is 11.0 Å². The molecule has 0 saturated carbocycles. The molecule has 0 bridgehead atoms. The maximum atomic E-state index is 11.6. The van der Waals surface area contributed by atoms with E-state index in [1.54, 1.807) is 12.4 Å². The number of aromatic hydroxyl groups is 1. The Kier molecular flexibility index (Phi) is 5.51. The maximum absolute atomic E-state index is 11.6. The van der Waals surface area contributed by atoms with E-state index < -0.39 is 5.41 Å². The van der Waals surface area contributed by atoms with Gasteiger partial charge in [0.1, 0.15) is 22.5 Å². The molecule has 1 N–H and O–H groups in total. The Balaban J connectivity index is 1.97. The molecule has 0 amide bonds. The van der Waals surface area contributed by atoms with E-state index in [-0.39, 0.29) is 16.6 Å². The average Bonchev–Trinajstić information content (AvgIpc) is 3.16. The van der Waals surface area contributed by atoms with Crippen molar-refractivity contribution in [3.05, 3.63) is 71.5 Å². The summed E-state index contributed by atoms with van der Waals surface area (Å²) < 4.78 is 0. The van der Waals surface area contributed by atoms with Crippen molar-refractivity contribution in [1.82, 2.24) is 25.2 Å². The van der Waals surface area contributed by atoms with Crippen molar-refractivity contribution in [1.29, 1.82) is 0 Å². The van der Waals surface area contributed by atoms with Crippen LogP contribution in [0.5, 0.6) is 5.75 Å². The number of nitrogens with zero attached hydrogens (tertiary/aromatic N) is 5. The highest BCUT2D eigenvalue weighted by Gasteiger charge is 2.33.